The Bertz CT molecular complexity index is 385. The van der Waals surface area contributed by atoms with Crippen LogP contribution in [0.25, 0.3) is 0 Å². The predicted molar refractivity (Wildman–Crippen MR) is 64.7 cm³/mol. The van der Waals surface area contributed by atoms with E-state index in [4.69, 9.17) is 0 Å². The first-order valence-electron chi connectivity index (χ1n) is 5.68. The summed E-state index contributed by atoms with van der Waals surface area (Å²) in [6, 6.07) is 8.60. The number of rotatable bonds is 5. The largest absolute Gasteiger partial charge is 0.480 e. The minimum Gasteiger partial charge on any atom is -0.480 e. The number of hydrogen-bond donors (Lipinski definition) is 1. The van der Waals surface area contributed by atoms with Gasteiger partial charge in [-0.25, -0.2) is 0 Å². The summed E-state index contributed by atoms with van der Waals surface area (Å²) in [7, 11) is 0. The van der Waals surface area contributed by atoms with Crippen LogP contribution in [-0.2, 0) is 9.59 Å². The second-order valence-corrected chi connectivity index (χ2v) is 3.69. The number of aliphatic carboxylic acids is 1. The first-order valence-corrected chi connectivity index (χ1v) is 5.68. The molecule has 0 heterocycles. The third-order valence-corrected chi connectivity index (χ3v) is 2.70. The molecule has 0 unspecified atom stereocenters. The molecule has 0 spiro atoms. The molecule has 1 aromatic rings. The lowest BCUT2D eigenvalue weighted by Gasteiger charge is -2.23. The number of benzene rings is 1. The molecule has 0 aliphatic heterocycles. The van der Waals surface area contributed by atoms with Gasteiger partial charge in [-0.2, -0.15) is 0 Å². The monoisotopic (exact) mass is 235 g/mol. The number of amides is 1. The van der Waals surface area contributed by atoms with Crippen molar-refractivity contribution in [2.75, 3.05) is 13.1 Å². The van der Waals surface area contributed by atoms with E-state index >= 15 is 0 Å². The van der Waals surface area contributed by atoms with Gasteiger partial charge in [0.15, 0.2) is 5.92 Å². The van der Waals surface area contributed by atoms with Crippen LogP contribution in [0, 0.1) is 0 Å². The van der Waals surface area contributed by atoms with E-state index in [0.29, 0.717) is 18.7 Å². The van der Waals surface area contributed by atoms with Crippen molar-refractivity contribution in [1.82, 2.24) is 4.90 Å². The Kier molecular flexibility index (Phi) is 4.69. The summed E-state index contributed by atoms with van der Waals surface area (Å²) in [5.74, 6) is -2.56. The molecule has 0 aliphatic carbocycles. The molecule has 1 N–H and O–H groups in total. The SMILES string of the molecule is CCN(CC)C(=O)[C@@H](C(=O)O)c1ccccc1. The Labute approximate surface area is 101 Å². The molecule has 1 aromatic carbocycles. The molecule has 1 atom stereocenters. The summed E-state index contributed by atoms with van der Waals surface area (Å²) in [5, 5.41) is 9.19. The molecule has 0 fully saturated rings. The van der Waals surface area contributed by atoms with Gasteiger partial charge < -0.3 is 10.0 Å². The van der Waals surface area contributed by atoms with E-state index in [-0.39, 0.29) is 5.91 Å². The Hall–Kier alpha value is -1.84. The van der Waals surface area contributed by atoms with E-state index < -0.39 is 11.9 Å². The number of likely N-dealkylation sites (N-methyl/N-ethyl adjacent to an activating group) is 1. The van der Waals surface area contributed by atoms with E-state index in [1.807, 2.05) is 13.8 Å². The lowest BCUT2D eigenvalue weighted by molar-refractivity contribution is -0.146. The highest BCUT2D eigenvalue weighted by Crippen LogP contribution is 2.18. The molecule has 0 saturated heterocycles. The van der Waals surface area contributed by atoms with Crippen LogP contribution in [0.2, 0.25) is 0 Å². The van der Waals surface area contributed by atoms with Crippen molar-refractivity contribution in [2.45, 2.75) is 19.8 Å². The Morgan fingerprint density at radius 1 is 1.18 bits per heavy atom. The molecule has 0 aromatic heterocycles. The van der Waals surface area contributed by atoms with Crippen LogP contribution in [0.3, 0.4) is 0 Å². The zero-order valence-corrected chi connectivity index (χ0v) is 10.1. The number of carbonyl (C=O) groups is 2. The average molecular weight is 235 g/mol. The van der Waals surface area contributed by atoms with Gasteiger partial charge >= 0.3 is 5.97 Å². The maximum absolute atomic E-state index is 12.1. The summed E-state index contributed by atoms with van der Waals surface area (Å²) in [6.45, 7) is 4.72. The minimum absolute atomic E-state index is 0.353. The fourth-order valence-electron chi connectivity index (χ4n) is 1.75. The highest BCUT2D eigenvalue weighted by Gasteiger charge is 2.30. The zero-order valence-electron chi connectivity index (χ0n) is 10.1. The first-order chi connectivity index (χ1) is 8.11. The van der Waals surface area contributed by atoms with E-state index in [0.717, 1.165) is 0 Å². The topological polar surface area (TPSA) is 57.6 Å². The quantitative estimate of drug-likeness (QED) is 0.791. The molecule has 1 amide bonds. The molecule has 17 heavy (non-hydrogen) atoms. The molecule has 0 aliphatic rings. The maximum atomic E-state index is 12.1. The van der Waals surface area contributed by atoms with E-state index in [1.54, 1.807) is 30.3 Å². The van der Waals surface area contributed by atoms with E-state index in [9.17, 15) is 14.7 Å². The van der Waals surface area contributed by atoms with Crippen molar-refractivity contribution in [2.24, 2.45) is 0 Å². The maximum Gasteiger partial charge on any atom is 0.320 e. The Morgan fingerprint density at radius 2 is 1.71 bits per heavy atom. The summed E-state index contributed by atoms with van der Waals surface area (Å²) in [4.78, 5) is 24.9. The molecule has 4 heteroatoms. The van der Waals surface area contributed by atoms with Crippen LogP contribution in [0.15, 0.2) is 30.3 Å². The van der Waals surface area contributed by atoms with Crippen molar-refractivity contribution in [1.29, 1.82) is 0 Å². The van der Waals surface area contributed by atoms with Crippen molar-refractivity contribution >= 4 is 11.9 Å². The van der Waals surface area contributed by atoms with Gasteiger partial charge in [0, 0.05) is 13.1 Å². The molecular weight excluding hydrogens is 218 g/mol. The minimum atomic E-state index is -1.10. The Morgan fingerprint density at radius 3 is 2.12 bits per heavy atom. The predicted octanol–water partition coefficient (Wildman–Crippen LogP) is 1.72. The number of hydrogen-bond acceptors (Lipinski definition) is 2. The second-order valence-electron chi connectivity index (χ2n) is 3.69. The van der Waals surface area contributed by atoms with Gasteiger partial charge in [0.2, 0.25) is 5.91 Å². The molecule has 0 bridgehead atoms. The van der Waals surface area contributed by atoms with Crippen molar-refractivity contribution < 1.29 is 14.7 Å². The molecule has 4 nitrogen and oxygen atoms in total. The van der Waals surface area contributed by atoms with Gasteiger partial charge in [-0.15, -0.1) is 0 Å². The second kappa shape index (κ2) is 6.03. The lowest BCUT2D eigenvalue weighted by atomic mass is 9.98. The zero-order chi connectivity index (χ0) is 12.8. The number of carbonyl (C=O) groups excluding carboxylic acids is 1. The van der Waals surface area contributed by atoms with Crippen LogP contribution < -0.4 is 0 Å². The summed E-state index contributed by atoms with van der Waals surface area (Å²) in [6.07, 6.45) is 0. The molecule has 0 radical (unpaired) electrons. The summed E-state index contributed by atoms with van der Waals surface area (Å²) in [5.41, 5.74) is 0.525. The van der Waals surface area contributed by atoms with Crippen LogP contribution in [0.1, 0.15) is 25.3 Å². The van der Waals surface area contributed by atoms with Gasteiger partial charge in [-0.3, -0.25) is 9.59 Å². The van der Waals surface area contributed by atoms with Crippen molar-refractivity contribution in [3.63, 3.8) is 0 Å². The number of carboxylic acids is 1. The standard InChI is InChI=1S/C13H17NO3/c1-3-14(4-2)12(15)11(13(16)17)10-8-6-5-7-9-10/h5-9,11H,3-4H2,1-2H3,(H,16,17)/t11-/m0/s1. The van der Waals surface area contributed by atoms with Crippen LogP contribution >= 0.6 is 0 Å². The van der Waals surface area contributed by atoms with Crippen LogP contribution in [0.4, 0.5) is 0 Å². The smallest absolute Gasteiger partial charge is 0.320 e. The highest BCUT2D eigenvalue weighted by molar-refractivity contribution is 6.02. The summed E-state index contributed by atoms with van der Waals surface area (Å²) >= 11 is 0. The van der Waals surface area contributed by atoms with Crippen molar-refractivity contribution in [3.05, 3.63) is 35.9 Å². The fourth-order valence-corrected chi connectivity index (χ4v) is 1.75. The average Bonchev–Trinajstić information content (AvgIpc) is 2.31. The third kappa shape index (κ3) is 3.06. The van der Waals surface area contributed by atoms with Gasteiger partial charge in [0.1, 0.15) is 0 Å². The lowest BCUT2D eigenvalue weighted by Crippen LogP contribution is -2.37. The molecular formula is C13H17NO3. The van der Waals surface area contributed by atoms with Crippen LogP contribution in [0.5, 0.6) is 0 Å². The number of carboxylic acid groups (broad SMARTS) is 1. The van der Waals surface area contributed by atoms with Crippen molar-refractivity contribution in [3.8, 4) is 0 Å². The molecule has 1 rings (SSSR count). The van der Waals surface area contributed by atoms with E-state index in [2.05, 4.69) is 0 Å². The van der Waals surface area contributed by atoms with Gasteiger partial charge in [-0.05, 0) is 19.4 Å². The molecule has 0 saturated carbocycles. The summed E-state index contributed by atoms with van der Waals surface area (Å²) < 4.78 is 0. The van der Waals surface area contributed by atoms with E-state index in [1.165, 1.54) is 4.90 Å². The van der Waals surface area contributed by atoms with Gasteiger partial charge in [0.25, 0.3) is 0 Å². The van der Waals surface area contributed by atoms with Gasteiger partial charge in [-0.1, -0.05) is 30.3 Å². The highest BCUT2D eigenvalue weighted by atomic mass is 16.4. The van der Waals surface area contributed by atoms with Gasteiger partial charge in [0.05, 0.1) is 0 Å². The third-order valence-electron chi connectivity index (χ3n) is 2.70. The fraction of sp³-hybridized carbons (Fsp3) is 0.385. The van der Waals surface area contributed by atoms with Crippen LogP contribution in [-0.4, -0.2) is 35.0 Å². The first kappa shape index (κ1) is 13.2. The normalized spacial score (nSPS) is 11.9. The molecule has 92 valence electrons. The number of nitrogens with zero attached hydrogens (tertiary/aromatic N) is 1. The Balaban J connectivity index is 3.02.